The maximum atomic E-state index is 11.1. The van der Waals surface area contributed by atoms with Gasteiger partial charge < -0.3 is 4.74 Å². The van der Waals surface area contributed by atoms with Crippen LogP contribution in [0.2, 0.25) is 0 Å². The summed E-state index contributed by atoms with van der Waals surface area (Å²) in [6.07, 6.45) is 2.46. The highest BCUT2D eigenvalue weighted by molar-refractivity contribution is 9.09. The molecule has 0 radical (unpaired) electrons. The van der Waals surface area contributed by atoms with E-state index in [1.165, 1.54) is 0 Å². The molecule has 0 fully saturated rings. The summed E-state index contributed by atoms with van der Waals surface area (Å²) in [4.78, 5) is 11.1. The maximum Gasteiger partial charge on any atom is 0.306 e. The lowest BCUT2D eigenvalue weighted by molar-refractivity contribution is -0.154. The minimum Gasteiger partial charge on any atom is -0.460 e. The van der Waals surface area contributed by atoms with Crippen molar-refractivity contribution in [2.24, 2.45) is 0 Å². The van der Waals surface area contributed by atoms with Gasteiger partial charge in [-0.25, -0.2) is 0 Å². The molecule has 0 spiro atoms. The number of rotatable bonds is 4. The van der Waals surface area contributed by atoms with Gasteiger partial charge in [0.25, 0.3) is 0 Å². The van der Waals surface area contributed by atoms with Gasteiger partial charge in [-0.05, 0) is 33.6 Å². The Labute approximate surface area is 82.8 Å². The van der Waals surface area contributed by atoms with Gasteiger partial charge in [0.2, 0.25) is 0 Å². The molecular weight excluding hydrogens is 220 g/mol. The molecule has 0 amide bonds. The minimum atomic E-state index is -0.342. The summed E-state index contributed by atoms with van der Waals surface area (Å²) in [5, 5.41) is 0.954. The lowest BCUT2D eigenvalue weighted by Gasteiger charge is -2.19. The fourth-order valence-corrected chi connectivity index (χ4v) is 1.15. The normalized spacial score (nSPS) is 11.3. The van der Waals surface area contributed by atoms with Crippen molar-refractivity contribution in [3.8, 4) is 0 Å². The molecule has 0 saturated carbocycles. The van der Waals surface area contributed by atoms with Crippen molar-refractivity contribution in [1.82, 2.24) is 0 Å². The Kier molecular flexibility index (Phi) is 5.55. The number of hydrogen-bond donors (Lipinski definition) is 0. The van der Waals surface area contributed by atoms with Gasteiger partial charge in [-0.3, -0.25) is 4.79 Å². The van der Waals surface area contributed by atoms with Crippen LogP contribution in [0.25, 0.3) is 0 Å². The van der Waals surface area contributed by atoms with Crippen LogP contribution in [0.5, 0.6) is 0 Å². The second-order valence-corrected chi connectivity index (χ2v) is 4.53. The van der Waals surface area contributed by atoms with E-state index >= 15 is 0 Å². The fraction of sp³-hybridized carbons (Fsp3) is 0.889. The van der Waals surface area contributed by atoms with Gasteiger partial charge in [-0.15, -0.1) is 0 Å². The zero-order chi connectivity index (χ0) is 9.61. The van der Waals surface area contributed by atoms with Gasteiger partial charge in [0.15, 0.2) is 0 Å². The van der Waals surface area contributed by atoms with Gasteiger partial charge in [-0.1, -0.05) is 15.9 Å². The molecular formula is C9H17BrO2. The first-order valence-corrected chi connectivity index (χ1v) is 5.35. The summed E-state index contributed by atoms with van der Waals surface area (Å²) >= 11 is 3.31. The second-order valence-electron chi connectivity index (χ2n) is 3.73. The molecule has 72 valence electrons. The molecule has 0 bridgehead atoms. The molecule has 0 atom stereocenters. The van der Waals surface area contributed by atoms with Crippen LogP contribution < -0.4 is 0 Å². The summed E-state index contributed by atoms with van der Waals surface area (Å²) in [6.45, 7) is 5.65. The molecule has 0 unspecified atom stereocenters. The fourth-order valence-electron chi connectivity index (χ4n) is 0.756. The number of alkyl halides is 1. The van der Waals surface area contributed by atoms with Crippen LogP contribution in [0.15, 0.2) is 0 Å². The van der Waals surface area contributed by atoms with Crippen LogP contribution in [0.4, 0.5) is 0 Å². The third kappa shape index (κ3) is 8.05. The zero-order valence-corrected chi connectivity index (χ0v) is 9.61. The molecule has 0 rings (SSSR count). The average molecular weight is 237 g/mol. The van der Waals surface area contributed by atoms with E-state index in [4.69, 9.17) is 4.74 Å². The van der Waals surface area contributed by atoms with Gasteiger partial charge in [0, 0.05) is 11.8 Å². The van der Waals surface area contributed by atoms with Gasteiger partial charge in [-0.2, -0.15) is 0 Å². The van der Waals surface area contributed by atoms with Gasteiger partial charge >= 0.3 is 5.97 Å². The first-order chi connectivity index (χ1) is 5.45. The number of ether oxygens (including phenoxy) is 1. The van der Waals surface area contributed by atoms with Crippen LogP contribution in [0, 0.1) is 0 Å². The summed E-state index contributed by atoms with van der Waals surface area (Å²) in [6, 6.07) is 0. The molecule has 3 heteroatoms. The molecule has 12 heavy (non-hydrogen) atoms. The number of halogens is 1. The molecule has 0 N–H and O–H groups in total. The van der Waals surface area contributed by atoms with Crippen molar-refractivity contribution < 1.29 is 9.53 Å². The smallest absolute Gasteiger partial charge is 0.306 e. The Balaban J connectivity index is 3.47. The van der Waals surface area contributed by atoms with Crippen LogP contribution in [0.3, 0.4) is 0 Å². The molecule has 0 aromatic heterocycles. The predicted octanol–water partition coefficient (Wildman–Crippen LogP) is 2.89. The highest BCUT2D eigenvalue weighted by Crippen LogP contribution is 2.09. The topological polar surface area (TPSA) is 26.3 Å². The average Bonchev–Trinajstić information content (AvgIpc) is 1.84. The molecule has 0 heterocycles. The van der Waals surface area contributed by atoms with Crippen molar-refractivity contribution in [3.05, 3.63) is 0 Å². The number of unbranched alkanes of at least 4 members (excludes halogenated alkanes) is 1. The lowest BCUT2D eigenvalue weighted by atomic mass is 10.2. The van der Waals surface area contributed by atoms with Crippen molar-refractivity contribution in [1.29, 1.82) is 0 Å². The molecule has 0 aliphatic rings. The Morgan fingerprint density at radius 1 is 1.33 bits per heavy atom. The van der Waals surface area contributed by atoms with E-state index in [0.717, 1.165) is 18.2 Å². The van der Waals surface area contributed by atoms with Crippen molar-refractivity contribution in [3.63, 3.8) is 0 Å². The van der Waals surface area contributed by atoms with Crippen molar-refractivity contribution in [2.45, 2.75) is 45.6 Å². The molecule has 2 nitrogen and oxygen atoms in total. The number of esters is 1. The third-order valence-corrected chi connectivity index (χ3v) is 1.75. The summed E-state index contributed by atoms with van der Waals surface area (Å²) in [5.74, 6) is -0.0940. The maximum absolute atomic E-state index is 11.1. The number of hydrogen-bond acceptors (Lipinski definition) is 2. The molecule has 0 aliphatic heterocycles. The first-order valence-electron chi connectivity index (χ1n) is 4.23. The lowest BCUT2D eigenvalue weighted by Crippen LogP contribution is -2.23. The third-order valence-electron chi connectivity index (χ3n) is 1.18. The van der Waals surface area contributed by atoms with E-state index < -0.39 is 0 Å². The number of carbonyl (C=O) groups excluding carboxylic acids is 1. The van der Waals surface area contributed by atoms with Crippen LogP contribution >= 0.6 is 15.9 Å². The second kappa shape index (κ2) is 5.57. The monoisotopic (exact) mass is 236 g/mol. The first kappa shape index (κ1) is 11.9. The summed E-state index contributed by atoms with van der Waals surface area (Å²) in [7, 11) is 0. The Hall–Kier alpha value is -0.0500. The van der Waals surface area contributed by atoms with E-state index in [1.807, 2.05) is 20.8 Å². The largest absolute Gasteiger partial charge is 0.460 e. The standard InChI is InChI=1S/C9H17BrO2/c1-9(2,3)12-8(11)6-4-5-7-10/h4-7H2,1-3H3. The van der Waals surface area contributed by atoms with E-state index in [0.29, 0.717) is 6.42 Å². The van der Waals surface area contributed by atoms with Crippen LogP contribution in [0.1, 0.15) is 40.0 Å². The molecule has 0 aromatic carbocycles. The Bertz CT molecular complexity index is 138. The van der Waals surface area contributed by atoms with Crippen LogP contribution in [-0.2, 0) is 9.53 Å². The van der Waals surface area contributed by atoms with Crippen LogP contribution in [-0.4, -0.2) is 16.9 Å². The SMILES string of the molecule is CC(C)(C)OC(=O)CCCCBr. The number of carbonyl (C=O) groups is 1. The highest BCUT2D eigenvalue weighted by atomic mass is 79.9. The Morgan fingerprint density at radius 3 is 2.33 bits per heavy atom. The minimum absolute atomic E-state index is 0.0940. The van der Waals surface area contributed by atoms with Crippen molar-refractivity contribution in [2.75, 3.05) is 5.33 Å². The van der Waals surface area contributed by atoms with Gasteiger partial charge in [0.1, 0.15) is 5.60 Å². The summed E-state index contributed by atoms with van der Waals surface area (Å²) in [5.41, 5.74) is -0.342. The highest BCUT2D eigenvalue weighted by Gasteiger charge is 2.15. The van der Waals surface area contributed by atoms with E-state index in [9.17, 15) is 4.79 Å². The van der Waals surface area contributed by atoms with E-state index in [2.05, 4.69) is 15.9 Å². The molecule has 0 aliphatic carbocycles. The van der Waals surface area contributed by atoms with Crippen molar-refractivity contribution >= 4 is 21.9 Å². The van der Waals surface area contributed by atoms with Gasteiger partial charge in [0.05, 0.1) is 0 Å². The van der Waals surface area contributed by atoms with E-state index in [1.54, 1.807) is 0 Å². The molecule has 0 saturated heterocycles. The summed E-state index contributed by atoms with van der Waals surface area (Å²) < 4.78 is 5.13. The quantitative estimate of drug-likeness (QED) is 0.427. The van der Waals surface area contributed by atoms with E-state index in [-0.39, 0.29) is 11.6 Å². The molecule has 0 aromatic rings. The predicted molar refractivity (Wildman–Crippen MR) is 53.5 cm³/mol. The Morgan fingerprint density at radius 2 is 1.92 bits per heavy atom. The zero-order valence-electron chi connectivity index (χ0n) is 8.02.